The van der Waals surface area contributed by atoms with Crippen LogP contribution in [0.5, 0.6) is 0 Å². The second kappa shape index (κ2) is 5.75. The van der Waals surface area contributed by atoms with E-state index >= 15 is 0 Å². The van der Waals surface area contributed by atoms with Crippen molar-refractivity contribution in [1.82, 2.24) is 4.98 Å². The monoisotopic (exact) mass is 290 g/mol. The molecule has 94 valence electrons. The van der Waals surface area contributed by atoms with E-state index in [9.17, 15) is 10.4 Å². The zero-order valence-corrected chi connectivity index (χ0v) is 11.2. The van der Waals surface area contributed by atoms with Crippen LogP contribution in [-0.4, -0.2) is 10.1 Å². The van der Waals surface area contributed by atoms with Gasteiger partial charge in [-0.2, -0.15) is 5.26 Å². The molecule has 0 unspecified atom stereocenters. The molecule has 0 saturated heterocycles. The molecule has 0 atom stereocenters. The molecule has 0 radical (unpaired) electrons. The first-order valence-corrected chi connectivity index (χ1v) is 6.08. The molecule has 1 aromatic heterocycles. The van der Waals surface area contributed by atoms with E-state index in [0.29, 0.717) is 21.2 Å². The molecular weight excluding hydrogens is 283 g/mol. The Morgan fingerprint density at radius 3 is 2.63 bits per heavy atom. The van der Waals surface area contributed by atoms with Gasteiger partial charge in [-0.25, -0.2) is 0 Å². The maximum atomic E-state index is 10.2. The summed E-state index contributed by atoms with van der Waals surface area (Å²) in [6.45, 7) is 0. The summed E-state index contributed by atoms with van der Waals surface area (Å²) >= 11 is 11.8. The Labute approximate surface area is 120 Å². The largest absolute Gasteiger partial charge is 0.506 e. The van der Waals surface area contributed by atoms with Crippen molar-refractivity contribution >= 4 is 34.5 Å². The Hall–Kier alpha value is -2.02. The first kappa shape index (κ1) is 13.4. The van der Waals surface area contributed by atoms with Crippen molar-refractivity contribution in [3.8, 4) is 6.07 Å². The average Bonchev–Trinajstić information content (AvgIpc) is 2.42. The van der Waals surface area contributed by atoms with Gasteiger partial charge in [-0.05, 0) is 24.3 Å². The van der Waals surface area contributed by atoms with Crippen molar-refractivity contribution in [1.29, 1.82) is 5.26 Å². The molecule has 0 bridgehead atoms. The van der Waals surface area contributed by atoms with Gasteiger partial charge in [0, 0.05) is 28.5 Å². The van der Waals surface area contributed by atoms with E-state index in [0.717, 1.165) is 0 Å². The first-order valence-electron chi connectivity index (χ1n) is 5.32. The number of pyridine rings is 1. The molecule has 2 rings (SSSR count). The van der Waals surface area contributed by atoms with Crippen LogP contribution in [0.4, 0.5) is 0 Å². The minimum atomic E-state index is -0.167. The molecule has 3 nitrogen and oxygen atoms in total. The summed E-state index contributed by atoms with van der Waals surface area (Å²) < 4.78 is 0. The van der Waals surface area contributed by atoms with Gasteiger partial charge in [-0.15, -0.1) is 0 Å². The SMILES string of the molecule is N#CC(=C(O)c1cccnc1)c1ccc(Cl)cc1Cl. The Kier molecular flexibility index (Phi) is 4.06. The molecule has 1 N–H and O–H groups in total. The zero-order chi connectivity index (χ0) is 13.8. The number of hydrogen-bond donors (Lipinski definition) is 1. The molecule has 0 aliphatic carbocycles. The normalized spacial score (nSPS) is 11.6. The van der Waals surface area contributed by atoms with Crippen LogP contribution >= 0.6 is 23.2 Å². The third-order valence-corrected chi connectivity index (χ3v) is 3.03. The summed E-state index contributed by atoms with van der Waals surface area (Å²) in [6.07, 6.45) is 3.05. The van der Waals surface area contributed by atoms with Crippen LogP contribution in [0, 0.1) is 11.3 Å². The van der Waals surface area contributed by atoms with E-state index in [1.165, 1.54) is 12.3 Å². The van der Waals surface area contributed by atoms with Crippen molar-refractivity contribution in [3.63, 3.8) is 0 Å². The average molecular weight is 291 g/mol. The van der Waals surface area contributed by atoms with Gasteiger partial charge in [0.2, 0.25) is 0 Å². The predicted molar refractivity (Wildman–Crippen MR) is 75.8 cm³/mol. The first-order chi connectivity index (χ1) is 9.13. The van der Waals surface area contributed by atoms with E-state index in [2.05, 4.69) is 4.98 Å². The van der Waals surface area contributed by atoms with Gasteiger partial charge in [0.15, 0.2) is 0 Å². The van der Waals surface area contributed by atoms with E-state index in [-0.39, 0.29) is 11.3 Å². The Morgan fingerprint density at radius 1 is 1.26 bits per heavy atom. The van der Waals surface area contributed by atoms with Gasteiger partial charge < -0.3 is 5.11 Å². The molecule has 0 amide bonds. The van der Waals surface area contributed by atoms with Crippen molar-refractivity contribution < 1.29 is 5.11 Å². The van der Waals surface area contributed by atoms with Crippen molar-refractivity contribution in [3.05, 3.63) is 63.9 Å². The number of halogens is 2. The number of aromatic nitrogens is 1. The highest BCUT2D eigenvalue weighted by Gasteiger charge is 2.13. The summed E-state index contributed by atoms with van der Waals surface area (Å²) in [7, 11) is 0. The van der Waals surface area contributed by atoms with Crippen LogP contribution in [0.15, 0.2) is 42.7 Å². The van der Waals surface area contributed by atoms with E-state index < -0.39 is 0 Å². The number of aliphatic hydroxyl groups is 1. The molecule has 2 aromatic rings. The van der Waals surface area contributed by atoms with Crippen molar-refractivity contribution in [2.75, 3.05) is 0 Å². The number of allylic oxidation sites excluding steroid dienone is 1. The van der Waals surface area contributed by atoms with Gasteiger partial charge in [0.05, 0.1) is 5.02 Å². The highest BCUT2D eigenvalue weighted by molar-refractivity contribution is 6.36. The summed E-state index contributed by atoms with van der Waals surface area (Å²) in [5.74, 6) is -0.167. The van der Waals surface area contributed by atoms with Crippen LogP contribution < -0.4 is 0 Å². The van der Waals surface area contributed by atoms with Crippen LogP contribution in [-0.2, 0) is 0 Å². The van der Waals surface area contributed by atoms with Gasteiger partial charge in [-0.3, -0.25) is 4.98 Å². The quantitative estimate of drug-likeness (QED) is 0.661. The maximum absolute atomic E-state index is 10.2. The van der Waals surface area contributed by atoms with Gasteiger partial charge in [-0.1, -0.05) is 29.3 Å². The lowest BCUT2D eigenvalue weighted by Gasteiger charge is -2.06. The standard InChI is InChI=1S/C14H8Cl2N2O/c15-10-3-4-11(13(16)6-10)12(7-17)14(19)9-2-1-5-18-8-9/h1-6,8,19H. The van der Waals surface area contributed by atoms with Gasteiger partial charge >= 0.3 is 0 Å². The molecule has 0 spiro atoms. The highest BCUT2D eigenvalue weighted by Crippen LogP contribution is 2.30. The lowest BCUT2D eigenvalue weighted by Crippen LogP contribution is -1.92. The molecule has 0 saturated carbocycles. The number of benzene rings is 1. The fourth-order valence-corrected chi connectivity index (χ4v) is 2.08. The van der Waals surface area contributed by atoms with Crippen molar-refractivity contribution in [2.45, 2.75) is 0 Å². The van der Waals surface area contributed by atoms with E-state index in [4.69, 9.17) is 23.2 Å². The molecule has 5 heteroatoms. The number of nitriles is 1. The fourth-order valence-electron chi connectivity index (χ4n) is 1.58. The molecule has 0 fully saturated rings. The summed E-state index contributed by atoms with van der Waals surface area (Å²) in [4.78, 5) is 3.89. The maximum Gasteiger partial charge on any atom is 0.142 e. The lowest BCUT2D eigenvalue weighted by atomic mass is 10.0. The second-order valence-corrected chi connectivity index (χ2v) is 4.54. The molecule has 0 aliphatic heterocycles. The van der Waals surface area contributed by atoms with Gasteiger partial charge in [0.25, 0.3) is 0 Å². The zero-order valence-electron chi connectivity index (χ0n) is 9.64. The minimum Gasteiger partial charge on any atom is -0.506 e. The number of nitrogens with zero attached hydrogens (tertiary/aromatic N) is 2. The third-order valence-electron chi connectivity index (χ3n) is 2.48. The molecule has 0 aliphatic rings. The van der Waals surface area contributed by atoms with Crippen LogP contribution in [0.1, 0.15) is 11.1 Å². The third kappa shape index (κ3) is 2.87. The summed E-state index contributed by atoms with van der Waals surface area (Å²) in [5, 5.41) is 20.1. The number of aliphatic hydroxyl groups excluding tert-OH is 1. The molecule has 19 heavy (non-hydrogen) atoms. The predicted octanol–water partition coefficient (Wildman–Crippen LogP) is 4.34. The molecule has 1 heterocycles. The molecule has 1 aromatic carbocycles. The number of hydrogen-bond acceptors (Lipinski definition) is 3. The lowest BCUT2D eigenvalue weighted by molar-refractivity contribution is 0.513. The molecular formula is C14H8Cl2N2O. The summed E-state index contributed by atoms with van der Waals surface area (Å²) in [5.41, 5.74) is 0.953. The highest BCUT2D eigenvalue weighted by atomic mass is 35.5. The Balaban J connectivity index is 2.60. The number of rotatable bonds is 2. The van der Waals surface area contributed by atoms with Crippen LogP contribution in [0.3, 0.4) is 0 Å². The van der Waals surface area contributed by atoms with Crippen LogP contribution in [0.25, 0.3) is 11.3 Å². The minimum absolute atomic E-state index is 0.0784. The fraction of sp³-hybridized carbons (Fsp3) is 0. The second-order valence-electron chi connectivity index (χ2n) is 3.70. The summed E-state index contributed by atoms with van der Waals surface area (Å²) in [6, 6.07) is 10.00. The smallest absolute Gasteiger partial charge is 0.142 e. The topological polar surface area (TPSA) is 56.9 Å². The Bertz CT molecular complexity index is 676. The van der Waals surface area contributed by atoms with E-state index in [1.807, 2.05) is 6.07 Å². The Morgan fingerprint density at radius 2 is 2.05 bits per heavy atom. The van der Waals surface area contributed by atoms with Crippen LogP contribution in [0.2, 0.25) is 10.0 Å². The van der Waals surface area contributed by atoms with Gasteiger partial charge in [0.1, 0.15) is 17.4 Å². The van der Waals surface area contributed by atoms with E-state index in [1.54, 1.807) is 30.5 Å². The van der Waals surface area contributed by atoms with Crippen molar-refractivity contribution in [2.24, 2.45) is 0 Å².